The number of nitro benzene ring substituents is 1. The second-order valence-corrected chi connectivity index (χ2v) is 10.0. The van der Waals surface area contributed by atoms with Crippen LogP contribution < -0.4 is 10.0 Å². The number of carbonyl (C=O) groups excluding carboxylic acids is 1. The van der Waals surface area contributed by atoms with Gasteiger partial charge in [-0.25, -0.2) is 14.8 Å². The maximum atomic E-state index is 12.3. The Morgan fingerprint density at radius 1 is 1.21 bits per heavy atom. The van der Waals surface area contributed by atoms with E-state index in [-0.39, 0.29) is 16.7 Å². The van der Waals surface area contributed by atoms with E-state index in [2.05, 4.69) is 14.9 Å². The number of fused-ring (bicyclic) bond motifs is 1. The molecule has 0 saturated carbocycles. The normalized spacial score (nSPS) is 16.7. The van der Waals surface area contributed by atoms with Crippen LogP contribution in [-0.2, 0) is 4.74 Å². The van der Waals surface area contributed by atoms with Crippen molar-refractivity contribution in [2.45, 2.75) is 32.8 Å². The van der Waals surface area contributed by atoms with Crippen molar-refractivity contribution in [3.05, 3.63) is 56.2 Å². The Kier molecular flexibility index (Phi) is 6.57. The summed E-state index contributed by atoms with van der Waals surface area (Å²) in [6.07, 6.45) is 4.36. The second-order valence-electron chi connectivity index (χ2n) is 9.05. The lowest BCUT2D eigenvalue weighted by Gasteiger charge is -2.35. The lowest BCUT2D eigenvalue weighted by Crippen LogP contribution is -2.50. The van der Waals surface area contributed by atoms with Gasteiger partial charge in [0.05, 0.1) is 15.8 Å². The molecular formula is C23H27N5O4S. The van der Waals surface area contributed by atoms with Crippen molar-refractivity contribution in [1.82, 2.24) is 14.8 Å². The van der Waals surface area contributed by atoms with Crippen molar-refractivity contribution in [1.29, 1.82) is 0 Å². The predicted octanol–water partition coefficient (Wildman–Crippen LogP) is 2.96. The van der Waals surface area contributed by atoms with Gasteiger partial charge in [0.15, 0.2) is 0 Å². The molecule has 0 bridgehead atoms. The van der Waals surface area contributed by atoms with Crippen molar-refractivity contribution in [3.8, 4) is 10.6 Å². The Hall–Kier alpha value is -3.11. The Morgan fingerprint density at radius 3 is 2.64 bits per heavy atom. The monoisotopic (exact) mass is 469 g/mol. The molecule has 2 aliphatic heterocycles. The average Bonchev–Trinajstić information content (AvgIpc) is 3.09. The molecule has 1 fully saturated rings. The van der Waals surface area contributed by atoms with Gasteiger partial charge in [-0.2, -0.15) is 0 Å². The first kappa shape index (κ1) is 23.1. The molecule has 0 atom stereocenters. The summed E-state index contributed by atoms with van der Waals surface area (Å²) in [6, 6.07) is 6.63. The number of hydrogen-bond acceptors (Lipinski definition) is 8. The summed E-state index contributed by atoms with van der Waals surface area (Å²) < 4.78 is 6.22. The summed E-state index contributed by atoms with van der Waals surface area (Å²) in [4.78, 5) is 36.5. The summed E-state index contributed by atoms with van der Waals surface area (Å²) in [7, 11) is 0. The first-order chi connectivity index (χ1) is 15.7. The summed E-state index contributed by atoms with van der Waals surface area (Å²) in [5, 5.41) is 12.7. The largest absolute Gasteiger partial charge is 0.444 e. The van der Waals surface area contributed by atoms with Crippen molar-refractivity contribution in [3.63, 3.8) is 0 Å². The minimum Gasteiger partial charge on any atom is -0.444 e. The van der Waals surface area contributed by atoms with Crippen molar-refractivity contribution >= 4 is 29.2 Å². The molecule has 2 aliphatic rings. The van der Waals surface area contributed by atoms with E-state index in [1.54, 1.807) is 23.1 Å². The van der Waals surface area contributed by atoms with Crippen LogP contribution in [0, 0.1) is 10.1 Å². The Morgan fingerprint density at radius 2 is 1.94 bits per heavy atom. The Labute approximate surface area is 195 Å². The molecule has 1 aromatic carbocycles. The number of benzene rings is 1. The third-order valence-electron chi connectivity index (χ3n) is 5.34. The van der Waals surface area contributed by atoms with Crippen LogP contribution in [0.25, 0.3) is 16.6 Å². The van der Waals surface area contributed by atoms with Gasteiger partial charge in [-0.3, -0.25) is 15.0 Å². The number of rotatable bonds is 4. The smallest absolute Gasteiger partial charge is 0.410 e. The van der Waals surface area contributed by atoms with E-state index in [0.29, 0.717) is 30.1 Å². The number of carbonyl (C=O) groups is 1. The standard InChI is InChI=1S/C23H27N5O4S/c1-23(2,3)32-22(29)27-12-10-26(11-13-27)15-16-8-9-18-21(24-14-16)33-20(25-18)17-6-4-5-7-19(17)28(30)31/h4-7,9,14H,8,10-13,15H2,1-3H3. The fraction of sp³-hybridized carbons (Fsp3) is 0.435. The molecule has 3 heterocycles. The van der Waals surface area contributed by atoms with Gasteiger partial charge >= 0.3 is 6.09 Å². The van der Waals surface area contributed by atoms with Gasteiger partial charge in [0.25, 0.3) is 5.69 Å². The molecule has 0 spiro atoms. The zero-order valence-electron chi connectivity index (χ0n) is 19.0. The Bertz CT molecular complexity index is 1210. The molecular weight excluding hydrogens is 442 g/mol. The highest BCUT2D eigenvalue weighted by molar-refractivity contribution is 7.12. The van der Waals surface area contributed by atoms with Gasteiger partial charge in [-0.15, -0.1) is 0 Å². The van der Waals surface area contributed by atoms with Crippen LogP contribution in [0.5, 0.6) is 0 Å². The number of para-hydroxylation sites is 1. The molecule has 10 heteroatoms. The maximum absolute atomic E-state index is 12.3. The minimum atomic E-state index is -0.490. The molecule has 1 amide bonds. The molecule has 0 unspecified atom stereocenters. The number of piperazine rings is 1. The van der Waals surface area contributed by atoms with Crippen molar-refractivity contribution < 1.29 is 14.5 Å². The van der Waals surface area contributed by atoms with Crippen LogP contribution >= 0.6 is 11.3 Å². The molecule has 2 aromatic rings. The highest BCUT2D eigenvalue weighted by Gasteiger charge is 2.26. The van der Waals surface area contributed by atoms with Crippen LogP contribution in [0.15, 0.2) is 41.0 Å². The zero-order chi connectivity index (χ0) is 23.6. The summed E-state index contributed by atoms with van der Waals surface area (Å²) in [5.74, 6) is 0. The first-order valence-electron chi connectivity index (χ1n) is 10.9. The number of hydrogen-bond donors (Lipinski definition) is 0. The van der Waals surface area contributed by atoms with E-state index in [4.69, 9.17) is 4.74 Å². The Balaban J connectivity index is 1.41. The number of ether oxygens (including phenoxy) is 1. The van der Waals surface area contributed by atoms with Gasteiger partial charge in [0.1, 0.15) is 15.3 Å². The number of amides is 1. The quantitative estimate of drug-likeness (QED) is 0.504. The predicted molar refractivity (Wildman–Crippen MR) is 126 cm³/mol. The zero-order valence-corrected chi connectivity index (χ0v) is 19.8. The summed E-state index contributed by atoms with van der Waals surface area (Å²) in [5.41, 5.74) is 1.23. The second kappa shape index (κ2) is 9.40. The SMILES string of the molecule is CC(C)(C)OC(=O)N1CCN(CC2=CN=c3sc(-c4ccccc4[N+](=O)[O-])nc3=CC2)CC1. The highest BCUT2D eigenvalue weighted by Crippen LogP contribution is 2.29. The van der Waals surface area contributed by atoms with E-state index < -0.39 is 5.60 Å². The van der Waals surface area contributed by atoms with Gasteiger partial charge in [-0.1, -0.05) is 29.5 Å². The van der Waals surface area contributed by atoms with Crippen LogP contribution in [-0.4, -0.2) is 64.1 Å². The van der Waals surface area contributed by atoms with Crippen molar-refractivity contribution in [2.75, 3.05) is 32.7 Å². The van der Waals surface area contributed by atoms with Gasteiger partial charge in [0.2, 0.25) is 0 Å². The maximum Gasteiger partial charge on any atom is 0.410 e. The lowest BCUT2D eigenvalue weighted by atomic mass is 10.1. The van der Waals surface area contributed by atoms with E-state index in [1.165, 1.54) is 17.4 Å². The molecule has 0 aliphatic carbocycles. The van der Waals surface area contributed by atoms with E-state index in [1.807, 2.05) is 33.0 Å². The molecule has 33 heavy (non-hydrogen) atoms. The van der Waals surface area contributed by atoms with Crippen LogP contribution in [0.2, 0.25) is 0 Å². The van der Waals surface area contributed by atoms with Gasteiger partial charge in [0, 0.05) is 45.0 Å². The number of nitro groups is 1. The molecule has 4 rings (SSSR count). The topological polar surface area (TPSA) is 101 Å². The van der Waals surface area contributed by atoms with Crippen LogP contribution in [0.1, 0.15) is 27.2 Å². The van der Waals surface area contributed by atoms with Crippen LogP contribution in [0.4, 0.5) is 10.5 Å². The summed E-state index contributed by atoms with van der Waals surface area (Å²) in [6.45, 7) is 9.21. The van der Waals surface area contributed by atoms with E-state index >= 15 is 0 Å². The van der Waals surface area contributed by atoms with Crippen LogP contribution in [0.3, 0.4) is 0 Å². The molecule has 174 valence electrons. The summed E-state index contributed by atoms with van der Waals surface area (Å²) >= 11 is 1.36. The third-order valence-corrected chi connectivity index (χ3v) is 6.35. The molecule has 0 N–H and O–H groups in total. The molecule has 0 radical (unpaired) electrons. The number of thiazole rings is 1. The molecule has 1 aromatic heterocycles. The highest BCUT2D eigenvalue weighted by atomic mass is 32.1. The molecule has 1 saturated heterocycles. The van der Waals surface area contributed by atoms with Crippen molar-refractivity contribution in [2.24, 2.45) is 4.99 Å². The van der Waals surface area contributed by atoms with Gasteiger partial charge < -0.3 is 9.64 Å². The van der Waals surface area contributed by atoms with E-state index in [9.17, 15) is 14.9 Å². The average molecular weight is 470 g/mol. The fourth-order valence-corrected chi connectivity index (χ4v) is 4.66. The van der Waals surface area contributed by atoms with E-state index in [0.717, 1.165) is 35.2 Å². The number of nitrogens with zero attached hydrogens (tertiary/aromatic N) is 5. The molecule has 9 nitrogen and oxygen atoms in total. The first-order valence-corrected chi connectivity index (χ1v) is 11.7. The minimum absolute atomic E-state index is 0.0446. The third kappa shape index (κ3) is 5.63. The lowest BCUT2D eigenvalue weighted by molar-refractivity contribution is -0.384. The fourth-order valence-electron chi connectivity index (χ4n) is 3.72. The van der Waals surface area contributed by atoms with Gasteiger partial charge in [-0.05, 0) is 38.8 Å². The number of aromatic nitrogens is 1.